The minimum atomic E-state index is -0.849. The van der Waals surface area contributed by atoms with Crippen molar-refractivity contribution in [1.29, 1.82) is 0 Å². The van der Waals surface area contributed by atoms with Crippen LogP contribution in [0.4, 0.5) is 0 Å². The number of carbonyl (C=O) groups is 1. The summed E-state index contributed by atoms with van der Waals surface area (Å²) in [6, 6.07) is 5.40. The molecule has 4 nitrogen and oxygen atoms in total. The number of hydrogen-bond acceptors (Lipinski definition) is 4. The number of carboxylic acids is 1. The van der Waals surface area contributed by atoms with Gasteiger partial charge in [0.1, 0.15) is 5.03 Å². The maximum atomic E-state index is 10.6. The summed E-state index contributed by atoms with van der Waals surface area (Å²) in [6.45, 7) is 1.83. The van der Waals surface area contributed by atoms with Crippen LogP contribution in [0.5, 0.6) is 0 Å². The smallest absolute Gasteiger partial charge is 0.303 e. The average molecular weight is 343 g/mol. The van der Waals surface area contributed by atoms with Gasteiger partial charge < -0.3 is 5.11 Å². The highest BCUT2D eigenvalue weighted by Gasteiger charge is 2.11. The lowest BCUT2D eigenvalue weighted by atomic mass is 10.2. The van der Waals surface area contributed by atoms with Gasteiger partial charge in [0.15, 0.2) is 0 Å². The van der Waals surface area contributed by atoms with Crippen molar-refractivity contribution in [2.24, 2.45) is 0 Å². The van der Waals surface area contributed by atoms with Crippen molar-refractivity contribution in [3.05, 3.63) is 45.8 Å². The van der Waals surface area contributed by atoms with E-state index in [9.17, 15) is 4.79 Å². The number of hydrogen-bond donors (Lipinski definition) is 1. The molecular formula is C14H12Cl2N2O2S. The third-order valence-electron chi connectivity index (χ3n) is 2.67. The van der Waals surface area contributed by atoms with Gasteiger partial charge in [-0.05, 0) is 19.1 Å². The van der Waals surface area contributed by atoms with Crippen LogP contribution < -0.4 is 0 Å². The number of aryl methyl sites for hydroxylation is 2. The van der Waals surface area contributed by atoms with Gasteiger partial charge in [0.25, 0.3) is 0 Å². The van der Waals surface area contributed by atoms with E-state index < -0.39 is 5.97 Å². The van der Waals surface area contributed by atoms with Gasteiger partial charge in [-0.25, -0.2) is 4.98 Å². The normalized spacial score (nSPS) is 10.6. The molecule has 7 heteroatoms. The number of halogens is 2. The summed E-state index contributed by atoms with van der Waals surface area (Å²) in [5.74, 6) is -0.849. The summed E-state index contributed by atoms with van der Waals surface area (Å²) in [7, 11) is 0. The van der Waals surface area contributed by atoms with Crippen molar-refractivity contribution in [1.82, 2.24) is 9.97 Å². The predicted molar refractivity (Wildman–Crippen MR) is 83.3 cm³/mol. The van der Waals surface area contributed by atoms with E-state index in [1.54, 1.807) is 12.3 Å². The number of carboxylic acid groups (broad SMARTS) is 1. The number of aromatic nitrogens is 2. The highest BCUT2D eigenvalue weighted by Crippen LogP contribution is 2.36. The lowest BCUT2D eigenvalue weighted by Crippen LogP contribution is -2.02. The summed E-state index contributed by atoms with van der Waals surface area (Å²) in [5.41, 5.74) is 1.40. The summed E-state index contributed by atoms with van der Waals surface area (Å²) in [5, 5.41) is 10.4. The van der Waals surface area contributed by atoms with Crippen molar-refractivity contribution < 1.29 is 9.90 Å². The Kier molecular flexibility index (Phi) is 5.45. The fourth-order valence-electron chi connectivity index (χ4n) is 1.64. The molecule has 0 saturated heterocycles. The lowest BCUT2D eigenvalue weighted by molar-refractivity contribution is -0.136. The Balaban J connectivity index is 2.17. The second-order valence-corrected chi connectivity index (χ2v) is 6.12. The summed E-state index contributed by atoms with van der Waals surface area (Å²) in [4.78, 5) is 20.1. The third-order valence-corrected chi connectivity index (χ3v) is 4.75. The zero-order valence-electron chi connectivity index (χ0n) is 11.1. The summed E-state index contributed by atoms with van der Waals surface area (Å²) in [6.07, 6.45) is 2.00. The molecule has 110 valence electrons. The molecule has 0 unspecified atom stereocenters. The first kappa shape index (κ1) is 16.1. The van der Waals surface area contributed by atoms with Gasteiger partial charge in [-0.15, -0.1) is 0 Å². The first-order chi connectivity index (χ1) is 9.97. The fourth-order valence-corrected chi connectivity index (χ4v) is 2.97. The molecule has 0 saturated carbocycles. The fraction of sp³-hybridized carbons (Fsp3) is 0.214. The molecule has 0 bridgehead atoms. The molecule has 0 amide bonds. The van der Waals surface area contributed by atoms with Crippen LogP contribution in [0.25, 0.3) is 0 Å². The van der Waals surface area contributed by atoms with Crippen LogP contribution in [0.2, 0.25) is 10.0 Å². The first-order valence-corrected chi connectivity index (χ1v) is 7.71. The molecule has 0 fully saturated rings. The largest absolute Gasteiger partial charge is 0.481 e. The zero-order chi connectivity index (χ0) is 15.4. The van der Waals surface area contributed by atoms with E-state index in [-0.39, 0.29) is 6.42 Å². The summed E-state index contributed by atoms with van der Waals surface area (Å²) < 4.78 is 0. The van der Waals surface area contributed by atoms with E-state index in [0.717, 1.165) is 15.6 Å². The number of nitrogens with zero attached hydrogens (tertiary/aromatic N) is 2. The van der Waals surface area contributed by atoms with Gasteiger partial charge in [-0.2, -0.15) is 0 Å². The number of aliphatic carboxylic acids is 1. The standard InChI is InChI=1S/C14H12Cl2N2O2S/c1-8-14(17-7-9(18-8)5-6-12(19)20)21-11-4-2-3-10(15)13(11)16/h2-4,7H,5-6H2,1H3,(H,19,20). The SMILES string of the molecule is Cc1nc(CCC(=O)O)cnc1Sc1cccc(Cl)c1Cl. The first-order valence-electron chi connectivity index (χ1n) is 6.13. The second kappa shape index (κ2) is 7.11. The van der Waals surface area contributed by atoms with E-state index in [1.165, 1.54) is 11.8 Å². The maximum absolute atomic E-state index is 10.6. The van der Waals surface area contributed by atoms with E-state index in [0.29, 0.717) is 22.2 Å². The zero-order valence-corrected chi connectivity index (χ0v) is 13.5. The van der Waals surface area contributed by atoms with Gasteiger partial charge in [0.05, 0.1) is 27.9 Å². The molecule has 1 heterocycles. The van der Waals surface area contributed by atoms with Gasteiger partial charge in [0, 0.05) is 17.5 Å². The van der Waals surface area contributed by atoms with E-state index >= 15 is 0 Å². The molecule has 0 aliphatic rings. The van der Waals surface area contributed by atoms with Crippen LogP contribution in [0, 0.1) is 6.92 Å². The molecule has 0 aliphatic heterocycles. The van der Waals surface area contributed by atoms with Gasteiger partial charge in [-0.3, -0.25) is 9.78 Å². The number of rotatable bonds is 5. The van der Waals surface area contributed by atoms with Crippen LogP contribution in [0.3, 0.4) is 0 Å². The Morgan fingerprint density at radius 3 is 2.81 bits per heavy atom. The van der Waals surface area contributed by atoms with Crippen LogP contribution in [-0.4, -0.2) is 21.0 Å². The third kappa shape index (κ3) is 4.33. The summed E-state index contributed by atoms with van der Waals surface area (Å²) >= 11 is 13.5. The minimum absolute atomic E-state index is 0.0424. The minimum Gasteiger partial charge on any atom is -0.481 e. The molecule has 0 aliphatic carbocycles. The number of benzene rings is 1. The van der Waals surface area contributed by atoms with Crippen LogP contribution in [0.15, 0.2) is 34.3 Å². The quantitative estimate of drug-likeness (QED) is 0.879. The van der Waals surface area contributed by atoms with Crippen molar-refractivity contribution >= 4 is 40.9 Å². The molecule has 0 radical (unpaired) electrons. The van der Waals surface area contributed by atoms with Gasteiger partial charge in [-0.1, -0.05) is 41.0 Å². The lowest BCUT2D eigenvalue weighted by Gasteiger charge is -2.08. The Bertz CT molecular complexity index is 680. The highest BCUT2D eigenvalue weighted by molar-refractivity contribution is 7.99. The predicted octanol–water partition coefficient (Wildman–Crippen LogP) is 4.26. The monoisotopic (exact) mass is 342 g/mol. The second-order valence-electron chi connectivity index (χ2n) is 4.30. The van der Waals surface area contributed by atoms with Gasteiger partial charge in [0.2, 0.25) is 0 Å². The van der Waals surface area contributed by atoms with Crippen molar-refractivity contribution in [3.8, 4) is 0 Å². The maximum Gasteiger partial charge on any atom is 0.303 e. The van der Waals surface area contributed by atoms with Crippen molar-refractivity contribution in [2.75, 3.05) is 0 Å². The Morgan fingerprint density at radius 2 is 2.14 bits per heavy atom. The molecule has 2 aromatic rings. The Hall–Kier alpha value is -1.30. The Labute approximate surface area is 136 Å². The molecule has 0 atom stereocenters. The topological polar surface area (TPSA) is 63.1 Å². The molecule has 0 spiro atoms. The molecule has 1 aromatic carbocycles. The van der Waals surface area contributed by atoms with Gasteiger partial charge >= 0.3 is 5.97 Å². The Morgan fingerprint density at radius 1 is 1.38 bits per heavy atom. The van der Waals surface area contributed by atoms with Crippen LogP contribution in [-0.2, 0) is 11.2 Å². The molecule has 1 aromatic heterocycles. The van der Waals surface area contributed by atoms with Crippen molar-refractivity contribution in [2.45, 2.75) is 29.7 Å². The molecule has 2 rings (SSSR count). The highest BCUT2D eigenvalue weighted by atomic mass is 35.5. The van der Waals surface area contributed by atoms with Crippen LogP contribution in [0.1, 0.15) is 17.8 Å². The van der Waals surface area contributed by atoms with E-state index in [1.807, 2.05) is 19.1 Å². The molecule has 21 heavy (non-hydrogen) atoms. The van der Waals surface area contributed by atoms with Crippen LogP contribution >= 0.6 is 35.0 Å². The van der Waals surface area contributed by atoms with E-state index in [2.05, 4.69) is 9.97 Å². The molecule has 1 N–H and O–H groups in total. The van der Waals surface area contributed by atoms with Crippen molar-refractivity contribution in [3.63, 3.8) is 0 Å². The average Bonchev–Trinajstić information content (AvgIpc) is 2.44. The van der Waals surface area contributed by atoms with E-state index in [4.69, 9.17) is 28.3 Å². The molecular weight excluding hydrogens is 331 g/mol.